The van der Waals surface area contributed by atoms with E-state index in [9.17, 15) is 4.79 Å². The van der Waals surface area contributed by atoms with Gasteiger partial charge in [0.05, 0.1) is 12.2 Å². The summed E-state index contributed by atoms with van der Waals surface area (Å²) in [7, 11) is 5.50. The van der Waals surface area contributed by atoms with Crippen molar-refractivity contribution in [2.75, 3.05) is 33.7 Å². The van der Waals surface area contributed by atoms with E-state index in [4.69, 9.17) is 0 Å². The van der Waals surface area contributed by atoms with E-state index in [1.807, 2.05) is 11.7 Å². The molecule has 1 aliphatic heterocycles. The third kappa shape index (κ3) is 5.69. The second kappa shape index (κ2) is 10.3. The number of nitrogens with zero attached hydrogens (tertiary/aromatic N) is 4. The Morgan fingerprint density at radius 1 is 1.26 bits per heavy atom. The maximum Gasteiger partial charge on any atom is 0.233 e. The molecule has 0 saturated carbocycles. The number of rotatable bonds is 7. The van der Waals surface area contributed by atoms with Crippen molar-refractivity contribution in [3.63, 3.8) is 0 Å². The molecule has 152 valence electrons. The molecule has 0 radical (unpaired) electrons. The summed E-state index contributed by atoms with van der Waals surface area (Å²) >= 11 is 0. The van der Waals surface area contributed by atoms with Gasteiger partial charge in [-0.25, -0.2) is 0 Å². The van der Waals surface area contributed by atoms with E-state index in [0.717, 1.165) is 57.0 Å². The lowest BCUT2D eigenvalue weighted by atomic mass is 10.1. The Kier molecular flexibility index (Phi) is 8.09. The Bertz CT molecular complexity index is 645. The number of piperidine rings is 1. The standard InChI is InChI=1S/C19H35N7O/c1-6-16-15(17(7-2)25(5)24-16)12-22-19(21-4)23-14-8-10-26(11-9-14)13-18(27)20-3/h14H,6-13H2,1-5H3,(H,20,27)(H2,21,22,23). The fourth-order valence-corrected chi connectivity index (χ4v) is 3.67. The summed E-state index contributed by atoms with van der Waals surface area (Å²) in [6.07, 6.45) is 3.91. The van der Waals surface area contributed by atoms with Crippen LogP contribution in [-0.4, -0.2) is 66.3 Å². The van der Waals surface area contributed by atoms with Crippen molar-refractivity contribution in [2.45, 2.75) is 52.1 Å². The molecule has 1 aliphatic rings. The van der Waals surface area contributed by atoms with E-state index in [0.29, 0.717) is 12.6 Å². The number of guanidine groups is 1. The van der Waals surface area contributed by atoms with Crippen molar-refractivity contribution >= 4 is 11.9 Å². The summed E-state index contributed by atoms with van der Waals surface area (Å²) in [5.41, 5.74) is 3.71. The lowest BCUT2D eigenvalue weighted by Crippen LogP contribution is -2.49. The predicted molar refractivity (Wildman–Crippen MR) is 109 cm³/mol. The number of hydrogen-bond acceptors (Lipinski definition) is 4. The maximum absolute atomic E-state index is 11.5. The lowest BCUT2D eigenvalue weighted by Gasteiger charge is -2.32. The Morgan fingerprint density at radius 3 is 2.52 bits per heavy atom. The highest BCUT2D eigenvalue weighted by molar-refractivity contribution is 5.80. The molecule has 0 bridgehead atoms. The number of likely N-dealkylation sites (tertiary alicyclic amines) is 1. The first kappa shape index (κ1) is 21.2. The fraction of sp³-hybridized carbons (Fsp3) is 0.737. The van der Waals surface area contributed by atoms with Crippen LogP contribution in [0.1, 0.15) is 43.6 Å². The van der Waals surface area contributed by atoms with E-state index in [1.165, 1.54) is 11.3 Å². The van der Waals surface area contributed by atoms with Crippen LogP contribution in [-0.2, 0) is 31.2 Å². The van der Waals surface area contributed by atoms with Crippen molar-refractivity contribution in [3.05, 3.63) is 17.0 Å². The van der Waals surface area contributed by atoms with Gasteiger partial charge < -0.3 is 16.0 Å². The van der Waals surface area contributed by atoms with Crippen molar-refractivity contribution in [3.8, 4) is 0 Å². The molecule has 0 spiro atoms. The molecule has 3 N–H and O–H groups in total. The third-order valence-corrected chi connectivity index (χ3v) is 5.26. The van der Waals surface area contributed by atoms with E-state index in [1.54, 1.807) is 14.1 Å². The molecule has 0 aliphatic carbocycles. The summed E-state index contributed by atoms with van der Waals surface area (Å²) < 4.78 is 1.99. The van der Waals surface area contributed by atoms with Gasteiger partial charge in [0.25, 0.3) is 0 Å². The second-order valence-electron chi connectivity index (χ2n) is 7.00. The minimum absolute atomic E-state index is 0.0776. The van der Waals surface area contributed by atoms with Gasteiger partial charge in [0.2, 0.25) is 5.91 Å². The summed E-state index contributed by atoms with van der Waals surface area (Å²) in [5, 5.41) is 14.3. The van der Waals surface area contributed by atoms with Crippen LogP contribution in [0.2, 0.25) is 0 Å². The number of likely N-dealkylation sites (N-methyl/N-ethyl adjacent to an activating group) is 1. The van der Waals surface area contributed by atoms with Gasteiger partial charge in [-0.15, -0.1) is 0 Å². The number of aromatic nitrogens is 2. The largest absolute Gasteiger partial charge is 0.358 e. The number of aryl methyl sites for hydroxylation is 2. The fourth-order valence-electron chi connectivity index (χ4n) is 3.67. The molecule has 2 rings (SSSR count). The first-order valence-corrected chi connectivity index (χ1v) is 9.96. The van der Waals surface area contributed by atoms with Gasteiger partial charge in [0, 0.05) is 58.1 Å². The molecule has 1 aromatic heterocycles. The Balaban J connectivity index is 1.86. The highest BCUT2D eigenvalue weighted by Crippen LogP contribution is 2.15. The molecule has 1 amide bonds. The van der Waals surface area contributed by atoms with E-state index in [-0.39, 0.29) is 5.91 Å². The topological polar surface area (TPSA) is 86.6 Å². The summed E-state index contributed by atoms with van der Waals surface area (Å²) in [6, 6.07) is 0.377. The summed E-state index contributed by atoms with van der Waals surface area (Å²) in [4.78, 5) is 18.1. The zero-order valence-corrected chi connectivity index (χ0v) is 17.4. The minimum atomic E-state index is 0.0776. The average molecular weight is 378 g/mol. The van der Waals surface area contributed by atoms with Crippen LogP contribution >= 0.6 is 0 Å². The van der Waals surface area contributed by atoms with Gasteiger partial charge in [-0.3, -0.25) is 19.4 Å². The van der Waals surface area contributed by atoms with E-state index < -0.39 is 0 Å². The number of carbonyl (C=O) groups excluding carboxylic acids is 1. The zero-order valence-electron chi connectivity index (χ0n) is 17.4. The molecule has 0 aromatic carbocycles. The number of nitrogens with one attached hydrogen (secondary N) is 3. The molecule has 1 aromatic rings. The monoisotopic (exact) mass is 377 g/mol. The quantitative estimate of drug-likeness (QED) is 0.474. The highest BCUT2D eigenvalue weighted by atomic mass is 16.1. The number of hydrogen-bond donors (Lipinski definition) is 3. The first-order valence-electron chi connectivity index (χ1n) is 9.96. The molecule has 8 nitrogen and oxygen atoms in total. The zero-order chi connectivity index (χ0) is 19.8. The molecule has 0 unspecified atom stereocenters. The molecular weight excluding hydrogens is 342 g/mol. The molecule has 0 atom stereocenters. The maximum atomic E-state index is 11.5. The van der Waals surface area contributed by atoms with Crippen LogP contribution in [0.25, 0.3) is 0 Å². The van der Waals surface area contributed by atoms with Crippen LogP contribution in [0.15, 0.2) is 4.99 Å². The van der Waals surface area contributed by atoms with Crippen LogP contribution in [0.3, 0.4) is 0 Å². The van der Waals surface area contributed by atoms with Crippen molar-refractivity contribution in [1.82, 2.24) is 30.6 Å². The molecule has 1 saturated heterocycles. The van der Waals surface area contributed by atoms with Gasteiger partial charge in [-0.1, -0.05) is 13.8 Å². The van der Waals surface area contributed by atoms with Gasteiger partial charge in [-0.05, 0) is 25.7 Å². The summed E-state index contributed by atoms with van der Waals surface area (Å²) in [5.74, 6) is 0.904. The number of carbonyl (C=O) groups is 1. The van der Waals surface area contributed by atoms with Crippen LogP contribution in [0.5, 0.6) is 0 Å². The van der Waals surface area contributed by atoms with Crippen molar-refractivity contribution in [1.29, 1.82) is 0 Å². The van der Waals surface area contributed by atoms with Gasteiger partial charge in [-0.2, -0.15) is 5.10 Å². The molecule has 1 fully saturated rings. The van der Waals surface area contributed by atoms with E-state index >= 15 is 0 Å². The van der Waals surface area contributed by atoms with Gasteiger partial charge >= 0.3 is 0 Å². The predicted octanol–water partition coefficient (Wildman–Crippen LogP) is 0.420. The van der Waals surface area contributed by atoms with Crippen LogP contribution in [0, 0.1) is 0 Å². The van der Waals surface area contributed by atoms with Crippen molar-refractivity contribution < 1.29 is 4.79 Å². The molecule has 2 heterocycles. The lowest BCUT2D eigenvalue weighted by molar-refractivity contribution is -0.122. The smallest absolute Gasteiger partial charge is 0.233 e. The first-order chi connectivity index (χ1) is 13.0. The number of aliphatic imine (C=N–C) groups is 1. The van der Waals surface area contributed by atoms with Crippen LogP contribution < -0.4 is 16.0 Å². The third-order valence-electron chi connectivity index (χ3n) is 5.26. The highest BCUT2D eigenvalue weighted by Gasteiger charge is 2.21. The Hall–Kier alpha value is -2.09. The molecule has 8 heteroatoms. The molecule has 27 heavy (non-hydrogen) atoms. The van der Waals surface area contributed by atoms with Gasteiger partial charge in [0.15, 0.2) is 5.96 Å². The Morgan fingerprint density at radius 2 is 1.96 bits per heavy atom. The Labute approximate surface area is 162 Å². The molecular formula is C19H35N7O. The minimum Gasteiger partial charge on any atom is -0.358 e. The normalized spacial score (nSPS) is 16.4. The van der Waals surface area contributed by atoms with Crippen molar-refractivity contribution in [2.24, 2.45) is 12.0 Å². The number of amides is 1. The SMILES string of the molecule is CCc1nn(C)c(CC)c1CNC(=NC)NC1CCN(CC(=O)NC)CC1. The van der Waals surface area contributed by atoms with E-state index in [2.05, 4.69) is 44.8 Å². The van der Waals surface area contributed by atoms with Crippen LogP contribution in [0.4, 0.5) is 0 Å². The summed E-state index contributed by atoms with van der Waals surface area (Å²) in [6.45, 7) is 7.37. The van der Waals surface area contributed by atoms with Gasteiger partial charge in [0.1, 0.15) is 0 Å². The average Bonchev–Trinajstić information content (AvgIpc) is 3.00. The second-order valence-corrected chi connectivity index (χ2v) is 7.00.